The highest BCUT2D eigenvalue weighted by atomic mass is 16.7. The molecular weight excluding hydrogens is 364 g/mol. The molecular formula is C21H24O7. The molecule has 0 aliphatic carbocycles. The van der Waals surface area contributed by atoms with E-state index in [9.17, 15) is 9.90 Å². The van der Waals surface area contributed by atoms with Gasteiger partial charge in [-0.05, 0) is 29.3 Å². The van der Waals surface area contributed by atoms with E-state index in [0.29, 0.717) is 25.0 Å². The Morgan fingerprint density at radius 2 is 1.89 bits per heavy atom. The number of hydrogen-bond donors (Lipinski definition) is 2. The third-order valence-electron chi connectivity index (χ3n) is 4.52. The Balaban J connectivity index is 1.67. The summed E-state index contributed by atoms with van der Waals surface area (Å²) in [6.45, 7) is -0.139. The van der Waals surface area contributed by atoms with E-state index in [0.717, 1.165) is 16.9 Å². The number of para-hydroxylation sites is 1. The van der Waals surface area contributed by atoms with Crippen LogP contribution in [0.4, 0.5) is 4.79 Å². The van der Waals surface area contributed by atoms with Crippen LogP contribution in [-0.4, -0.2) is 48.6 Å². The van der Waals surface area contributed by atoms with Crippen LogP contribution in [0.2, 0.25) is 0 Å². The Morgan fingerprint density at radius 1 is 1.14 bits per heavy atom. The topological polar surface area (TPSA) is 94.5 Å². The number of aliphatic hydroxyl groups excluding tert-OH is 1. The zero-order valence-electron chi connectivity index (χ0n) is 15.6. The molecule has 3 atom stereocenters. The number of rotatable bonds is 7. The van der Waals surface area contributed by atoms with Crippen molar-refractivity contribution in [3.8, 4) is 11.5 Å². The number of ether oxygens (including phenoxy) is 4. The maximum absolute atomic E-state index is 10.6. The molecule has 0 aromatic heterocycles. The fourth-order valence-corrected chi connectivity index (χ4v) is 3.16. The fraction of sp³-hybridized carbons (Fsp3) is 0.381. The lowest BCUT2D eigenvalue weighted by Crippen LogP contribution is -2.41. The summed E-state index contributed by atoms with van der Waals surface area (Å²) < 4.78 is 21.5. The Kier molecular flexibility index (Phi) is 6.73. The van der Waals surface area contributed by atoms with E-state index in [2.05, 4.69) is 4.74 Å². The van der Waals surface area contributed by atoms with Gasteiger partial charge < -0.3 is 29.2 Å². The second kappa shape index (κ2) is 9.43. The molecule has 7 nitrogen and oxygen atoms in total. The summed E-state index contributed by atoms with van der Waals surface area (Å²) in [5.74, 6) is 1.46. The average molecular weight is 388 g/mol. The third-order valence-corrected chi connectivity index (χ3v) is 4.52. The molecule has 0 saturated carbocycles. The van der Waals surface area contributed by atoms with Gasteiger partial charge in [-0.15, -0.1) is 0 Å². The minimum atomic E-state index is -1.37. The lowest BCUT2D eigenvalue weighted by molar-refractivity contribution is -0.186. The van der Waals surface area contributed by atoms with Gasteiger partial charge in [-0.3, -0.25) is 0 Å². The minimum absolute atomic E-state index is 0.139. The first kappa shape index (κ1) is 20.0. The van der Waals surface area contributed by atoms with Gasteiger partial charge in [0.05, 0.1) is 19.3 Å². The van der Waals surface area contributed by atoms with Crippen LogP contribution in [0.1, 0.15) is 24.0 Å². The molecule has 0 spiro atoms. The van der Waals surface area contributed by atoms with Crippen LogP contribution in [0.15, 0.2) is 48.5 Å². The van der Waals surface area contributed by atoms with Gasteiger partial charge in [0.2, 0.25) is 6.29 Å². The summed E-state index contributed by atoms with van der Waals surface area (Å²) in [6.07, 6.45) is -1.95. The Labute approximate surface area is 163 Å². The van der Waals surface area contributed by atoms with Crippen LogP contribution < -0.4 is 9.47 Å². The van der Waals surface area contributed by atoms with E-state index in [1.165, 1.54) is 0 Å². The van der Waals surface area contributed by atoms with Gasteiger partial charge in [0, 0.05) is 19.3 Å². The van der Waals surface area contributed by atoms with Gasteiger partial charge in [-0.2, -0.15) is 0 Å². The zero-order valence-corrected chi connectivity index (χ0v) is 15.6. The summed E-state index contributed by atoms with van der Waals surface area (Å²) in [5, 5.41) is 18.7. The molecule has 3 rings (SSSR count). The Hall–Kier alpha value is -2.77. The maximum atomic E-state index is 10.6. The van der Waals surface area contributed by atoms with Crippen LogP contribution >= 0.6 is 0 Å². The predicted octanol–water partition coefficient (Wildman–Crippen LogP) is 3.23. The van der Waals surface area contributed by atoms with E-state index < -0.39 is 24.7 Å². The van der Waals surface area contributed by atoms with Gasteiger partial charge in [0.25, 0.3) is 0 Å². The van der Waals surface area contributed by atoms with Crippen molar-refractivity contribution >= 4 is 6.16 Å². The number of methoxy groups -OCH3 is 1. The molecule has 1 fully saturated rings. The summed E-state index contributed by atoms with van der Waals surface area (Å²) >= 11 is 0. The molecule has 1 aliphatic heterocycles. The highest BCUT2D eigenvalue weighted by molar-refractivity contribution is 5.56. The van der Waals surface area contributed by atoms with Crippen LogP contribution in [0.25, 0.3) is 0 Å². The number of carboxylic acid groups (broad SMARTS) is 1. The molecule has 2 N–H and O–H groups in total. The first-order valence-electron chi connectivity index (χ1n) is 9.10. The molecule has 28 heavy (non-hydrogen) atoms. The van der Waals surface area contributed by atoms with E-state index in [-0.39, 0.29) is 6.61 Å². The molecule has 0 radical (unpaired) electrons. The van der Waals surface area contributed by atoms with Crippen molar-refractivity contribution < 1.29 is 34.0 Å². The van der Waals surface area contributed by atoms with Crippen molar-refractivity contribution in [3.05, 3.63) is 59.7 Å². The van der Waals surface area contributed by atoms with Crippen molar-refractivity contribution in [2.24, 2.45) is 0 Å². The maximum Gasteiger partial charge on any atom is 0.505 e. The van der Waals surface area contributed by atoms with E-state index >= 15 is 0 Å². The standard InChI is InChI=1S/C21H24O7/c1-25-17-8-6-14(7-9-17)10-15-4-2-3-5-19(15)28-20-12-16(22)11-18(27-20)13-26-21(23)24/h2-9,16,18,20,22H,10-13H2,1H3,(H,23,24). The second-order valence-corrected chi connectivity index (χ2v) is 6.64. The van der Waals surface area contributed by atoms with Gasteiger partial charge in [0.15, 0.2) is 0 Å². The highest BCUT2D eigenvalue weighted by Gasteiger charge is 2.31. The third kappa shape index (κ3) is 5.61. The van der Waals surface area contributed by atoms with Gasteiger partial charge in [0.1, 0.15) is 18.1 Å². The molecule has 1 saturated heterocycles. The molecule has 1 aliphatic rings. The van der Waals surface area contributed by atoms with Crippen molar-refractivity contribution in [3.63, 3.8) is 0 Å². The summed E-state index contributed by atoms with van der Waals surface area (Å²) in [6, 6.07) is 15.4. The normalized spacial score (nSPS) is 21.7. The van der Waals surface area contributed by atoms with Crippen molar-refractivity contribution in [2.45, 2.75) is 37.8 Å². The highest BCUT2D eigenvalue weighted by Crippen LogP contribution is 2.27. The Bertz CT molecular complexity index is 775. The van der Waals surface area contributed by atoms with Crippen molar-refractivity contribution in [2.75, 3.05) is 13.7 Å². The minimum Gasteiger partial charge on any atom is -0.497 e. The summed E-state index contributed by atoms with van der Waals surface area (Å²) in [7, 11) is 1.63. The van der Waals surface area contributed by atoms with Gasteiger partial charge in [-0.1, -0.05) is 30.3 Å². The van der Waals surface area contributed by atoms with E-state index in [1.807, 2.05) is 48.5 Å². The molecule has 2 aromatic carbocycles. The smallest absolute Gasteiger partial charge is 0.497 e. The quantitative estimate of drug-likeness (QED) is 0.703. The molecule has 3 unspecified atom stereocenters. The number of hydrogen-bond acceptors (Lipinski definition) is 6. The van der Waals surface area contributed by atoms with Gasteiger partial charge in [-0.25, -0.2) is 4.79 Å². The van der Waals surface area contributed by atoms with Crippen molar-refractivity contribution in [1.82, 2.24) is 0 Å². The van der Waals surface area contributed by atoms with Crippen LogP contribution in [0.5, 0.6) is 11.5 Å². The van der Waals surface area contributed by atoms with E-state index in [1.54, 1.807) is 7.11 Å². The van der Waals surface area contributed by atoms with Crippen molar-refractivity contribution in [1.29, 1.82) is 0 Å². The summed E-state index contributed by atoms with van der Waals surface area (Å²) in [5.41, 5.74) is 2.09. The molecule has 7 heteroatoms. The lowest BCUT2D eigenvalue weighted by atomic mass is 10.0. The molecule has 0 bridgehead atoms. The number of aliphatic hydroxyl groups is 1. The lowest BCUT2D eigenvalue weighted by Gasteiger charge is -2.33. The largest absolute Gasteiger partial charge is 0.505 e. The Morgan fingerprint density at radius 3 is 2.61 bits per heavy atom. The second-order valence-electron chi connectivity index (χ2n) is 6.64. The predicted molar refractivity (Wildman–Crippen MR) is 101 cm³/mol. The molecule has 150 valence electrons. The number of carbonyl (C=O) groups is 1. The fourth-order valence-electron chi connectivity index (χ4n) is 3.16. The van der Waals surface area contributed by atoms with Crippen LogP contribution in [-0.2, 0) is 15.9 Å². The monoisotopic (exact) mass is 388 g/mol. The van der Waals surface area contributed by atoms with E-state index in [4.69, 9.17) is 19.3 Å². The van der Waals surface area contributed by atoms with Crippen LogP contribution in [0.3, 0.4) is 0 Å². The molecule has 2 aromatic rings. The molecule has 1 heterocycles. The first-order valence-corrected chi connectivity index (χ1v) is 9.10. The van der Waals surface area contributed by atoms with Crippen LogP contribution in [0, 0.1) is 0 Å². The molecule has 0 amide bonds. The van der Waals surface area contributed by atoms with Gasteiger partial charge >= 0.3 is 6.16 Å². The average Bonchev–Trinajstić information content (AvgIpc) is 2.68. The zero-order chi connectivity index (χ0) is 19.9. The SMILES string of the molecule is COc1ccc(Cc2ccccc2OC2CC(O)CC(COC(=O)O)O2)cc1. The first-order chi connectivity index (χ1) is 13.5. The number of benzene rings is 2. The summed E-state index contributed by atoms with van der Waals surface area (Å²) in [4.78, 5) is 10.6.